The normalized spacial score (nSPS) is 17.9. The first-order chi connectivity index (χ1) is 9.83. The van der Waals surface area contributed by atoms with Crippen molar-refractivity contribution in [1.82, 2.24) is 5.32 Å². The highest BCUT2D eigenvalue weighted by atomic mass is 32.2. The first kappa shape index (κ1) is 15.7. The molecule has 0 aliphatic heterocycles. The molecule has 1 unspecified atom stereocenters. The minimum absolute atomic E-state index is 0.432. The van der Waals surface area contributed by atoms with E-state index in [0.29, 0.717) is 6.04 Å². The van der Waals surface area contributed by atoms with E-state index in [-0.39, 0.29) is 0 Å². The summed E-state index contributed by atoms with van der Waals surface area (Å²) >= 11 is 2.15. The standard InChI is InChI=1S/C17H27NOS/c1-3-18-17(13-20-16-10-5-4-6-11-16)14-8-7-9-15(12-14)19-2/h7-9,12,16-18H,3-6,10-11,13H2,1-2H3. The Morgan fingerprint density at radius 3 is 2.80 bits per heavy atom. The third-order valence-electron chi connectivity index (χ3n) is 4.00. The van der Waals surface area contributed by atoms with Crippen molar-refractivity contribution in [2.75, 3.05) is 19.4 Å². The van der Waals surface area contributed by atoms with E-state index in [1.807, 2.05) is 6.07 Å². The molecule has 0 spiro atoms. The van der Waals surface area contributed by atoms with Crippen LogP contribution in [0.3, 0.4) is 0 Å². The minimum Gasteiger partial charge on any atom is -0.497 e. The van der Waals surface area contributed by atoms with Crippen molar-refractivity contribution in [3.05, 3.63) is 29.8 Å². The monoisotopic (exact) mass is 293 g/mol. The van der Waals surface area contributed by atoms with E-state index in [4.69, 9.17) is 4.74 Å². The van der Waals surface area contributed by atoms with E-state index < -0.39 is 0 Å². The highest BCUT2D eigenvalue weighted by molar-refractivity contribution is 7.99. The molecule has 2 rings (SSSR count). The Bertz CT molecular complexity index is 390. The van der Waals surface area contributed by atoms with Crippen molar-refractivity contribution in [2.45, 2.75) is 50.3 Å². The van der Waals surface area contributed by atoms with Crippen LogP contribution in [0.2, 0.25) is 0 Å². The number of nitrogens with one attached hydrogen (secondary N) is 1. The number of rotatable bonds is 7. The average molecular weight is 293 g/mol. The molecule has 1 saturated carbocycles. The van der Waals surface area contributed by atoms with Gasteiger partial charge in [-0.25, -0.2) is 0 Å². The molecule has 20 heavy (non-hydrogen) atoms. The Morgan fingerprint density at radius 1 is 1.30 bits per heavy atom. The summed E-state index contributed by atoms with van der Waals surface area (Å²) in [5, 5.41) is 4.48. The summed E-state index contributed by atoms with van der Waals surface area (Å²) in [6.07, 6.45) is 7.08. The van der Waals surface area contributed by atoms with Gasteiger partial charge in [0.2, 0.25) is 0 Å². The zero-order valence-corrected chi connectivity index (χ0v) is 13.5. The number of methoxy groups -OCH3 is 1. The maximum absolute atomic E-state index is 5.34. The van der Waals surface area contributed by atoms with Crippen LogP contribution in [-0.2, 0) is 0 Å². The molecule has 0 saturated heterocycles. The van der Waals surface area contributed by atoms with Gasteiger partial charge in [-0.15, -0.1) is 0 Å². The smallest absolute Gasteiger partial charge is 0.119 e. The van der Waals surface area contributed by atoms with Crippen LogP contribution in [0, 0.1) is 0 Å². The second kappa shape index (κ2) is 8.58. The molecule has 2 nitrogen and oxygen atoms in total. The van der Waals surface area contributed by atoms with Gasteiger partial charge in [0.15, 0.2) is 0 Å². The van der Waals surface area contributed by atoms with Crippen LogP contribution in [0.25, 0.3) is 0 Å². The number of hydrogen-bond acceptors (Lipinski definition) is 3. The molecular formula is C17H27NOS. The van der Waals surface area contributed by atoms with Crippen molar-refractivity contribution in [3.63, 3.8) is 0 Å². The number of thioether (sulfide) groups is 1. The Labute approximate surface area is 127 Å². The Kier molecular flexibility index (Phi) is 6.74. The van der Waals surface area contributed by atoms with Crippen molar-refractivity contribution >= 4 is 11.8 Å². The molecule has 1 atom stereocenters. The van der Waals surface area contributed by atoms with Crippen molar-refractivity contribution in [3.8, 4) is 5.75 Å². The summed E-state index contributed by atoms with van der Waals surface area (Å²) in [7, 11) is 1.73. The van der Waals surface area contributed by atoms with Crippen LogP contribution in [0.15, 0.2) is 24.3 Å². The SMILES string of the molecule is CCNC(CSC1CCCCC1)c1cccc(OC)c1. The molecule has 3 heteroatoms. The number of benzene rings is 1. The summed E-state index contributed by atoms with van der Waals surface area (Å²) in [5.41, 5.74) is 1.34. The lowest BCUT2D eigenvalue weighted by molar-refractivity contribution is 0.413. The number of hydrogen-bond donors (Lipinski definition) is 1. The van der Waals surface area contributed by atoms with Crippen LogP contribution >= 0.6 is 11.8 Å². The predicted octanol–water partition coefficient (Wildman–Crippen LogP) is 4.41. The molecule has 1 fully saturated rings. The summed E-state index contributed by atoms with van der Waals surface area (Å²) in [6.45, 7) is 3.19. The van der Waals surface area contributed by atoms with E-state index in [9.17, 15) is 0 Å². The van der Waals surface area contributed by atoms with Gasteiger partial charge >= 0.3 is 0 Å². The van der Waals surface area contributed by atoms with Crippen LogP contribution in [0.4, 0.5) is 0 Å². The molecule has 0 aromatic heterocycles. The second-order valence-corrected chi connectivity index (χ2v) is 6.81. The van der Waals surface area contributed by atoms with Crippen LogP contribution in [-0.4, -0.2) is 24.7 Å². The van der Waals surface area contributed by atoms with E-state index >= 15 is 0 Å². The Morgan fingerprint density at radius 2 is 2.10 bits per heavy atom. The van der Waals surface area contributed by atoms with Crippen LogP contribution in [0.5, 0.6) is 5.75 Å². The first-order valence-electron chi connectivity index (χ1n) is 7.82. The fraction of sp³-hybridized carbons (Fsp3) is 0.647. The molecule has 0 amide bonds. The quantitative estimate of drug-likeness (QED) is 0.804. The minimum atomic E-state index is 0.432. The molecule has 0 radical (unpaired) electrons. The van der Waals surface area contributed by atoms with Gasteiger partial charge in [0, 0.05) is 17.0 Å². The Balaban J connectivity index is 1.94. The van der Waals surface area contributed by atoms with Crippen molar-refractivity contribution in [1.29, 1.82) is 0 Å². The van der Waals surface area contributed by atoms with Crippen LogP contribution < -0.4 is 10.1 Å². The third kappa shape index (κ3) is 4.71. The van der Waals surface area contributed by atoms with Crippen molar-refractivity contribution < 1.29 is 4.74 Å². The molecule has 1 aliphatic rings. The molecule has 0 heterocycles. The fourth-order valence-corrected chi connectivity index (χ4v) is 4.28. The lowest BCUT2D eigenvalue weighted by Gasteiger charge is -2.25. The molecule has 1 aliphatic carbocycles. The van der Waals surface area contributed by atoms with Gasteiger partial charge in [-0.1, -0.05) is 38.3 Å². The second-order valence-electron chi connectivity index (χ2n) is 5.48. The average Bonchev–Trinajstić information content (AvgIpc) is 2.52. The molecule has 1 N–H and O–H groups in total. The summed E-state index contributed by atoms with van der Waals surface area (Å²) < 4.78 is 5.34. The molecule has 0 bridgehead atoms. The predicted molar refractivity (Wildman–Crippen MR) is 88.7 cm³/mol. The zero-order valence-electron chi connectivity index (χ0n) is 12.7. The summed E-state index contributed by atoms with van der Waals surface area (Å²) in [5.74, 6) is 2.11. The van der Waals surface area contributed by atoms with Gasteiger partial charge in [-0.2, -0.15) is 11.8 Å². The molecule has 1 aromatic carbocycles. The van der Waals surface area contributed by atoms with E-state index in [2.05, 4.69) is 42.2 Å². The van der Waals surface area contributed by atoms with Crippen molar-refractivity contribution in [2.24, 2.45) is 0 Å². The molecule has 1 aromatic rings. The largest absolute Gasteiger partial charge is 0.497 e. The first-order valence-corrected chi connectivity index (χ1v) is 8.87. The molecular weight excluding hydrogens is 266 g/mol. The van der Waals surface area contributed by atoms with Gasteiger partial charge in [0.25, 0.3) is 0 Å². The summed E-state index contributed by atoms with van der Waals surface area (Å²) in [4.78, 5) is 0. The van der Waals surface area contributed by atoms with Gasteiger partial charge in [-0.05, 0) is 37.1 Å². The fourth-order valence-electron chi connectivity index (χ4n) is 2.84. The molecule has 112 valence electrons. The van der Waals surface area contributed by atoms with E-state index in [1.165, 1.54) is 37.7 Å². The maximum atomic E-state index is 5.34. The third-order valence-corrected chi connectivity index (χ3v) is 5.47. The van der Waals surface area contributed by atoms with E-state index in [1.54, 1.807) is 7.11 Å². The highest BCUT2D eigenvalue weighted by Crippen LogP contribution is 2.31. The summed E-state index contributed by atoms with van der Waals surface area (Å²) in [6, 6.07) is 8.90. The zero-order chi connectivity index (χ0) is 14.2. The van der Waals surface area contributed by atoms with Gasteiger partial charge in [-0.3, -0.25) is 0 Å². The lowest BCUT2D eigenvalue weighted by atomic mass is 10.0. The Hall–Kier alpha value is -0.670. The van der Waals surface area contributed by atoms with Gasteiger partial charge in [0.1, 0.15) is 5.75 Å². The number of ether oxygens (including phenoxy) is 1. The van der Waals surface area contributed by atoms with Crippen LogP contribution in [0.1, 0.15) is 50.6 Å². The van der Waals surface area contributed by atoms with E-state index in [0.717, 1.165) is 23.3 Å². The maximum Gasteiger partial charge on any atom is 0.119 e. The van der Waals surface area contributed by atoms with Gasteiger partial charge in [0.05, 0.1) is 7.11 Å². The lowest BCUT2D eigenvalue weighted by Crippen LogP contribution is -2.24. The highest BCUT2D eigenvalue weighted by Gasteiger charge is 2.17. The topological polar surface area (TPSA) is 21.3 Å². The van der Waals surface area contributed by atoms with Gasteiger partial charge < -0.3 is 10.1 Å².